The molecule has 0 rings (SSSR count). The highest BCUT2D eigenvalue weighted by atomic mass is 28.4. The molecule has 0 aromatic carbocycles. The van der Waals surface area contributed by atoms with Gasteiger partial charge >= 0.3 is 17.6 Å². The van der Waals surface area contributed by atoms with Gasteiger partial charge in [0.25, 0.3) is 0 Å². The van der Waals surface area contributed by atoms with Gasteiger partial charge in [-0.3, -0.25) is 0 Å². The van der Waals surface area contributed by atoms with E-state index in [1.165, 1.54) is 0 Å². The second-order valence-corrected chi connectivity index (χ2v) is 15.8. The molecule has 0 atom stereocenters. The Morgan fingerprint density at radius 2 is 0.655 bits per heavy atom. The first-order valence-corrected chi connectivity index (χ1v) is 17.3. The van der Waals surface area contributed by atoms with Crippen molar-refractivity contribution in [2.45, 2.75) is 67.5 Å². The fourth-order valence-corrected chi connectivity index (χ4v) is 12.4. The summed E-state index contributed by atoms with van der Waals surface area (Å²) in [6.45, 7) is 19.7. The predicted octanol–water partition coefficient (Wildman–Crippen LogP) is 4.84. The van der Waals surface area contributed by atoms with Crippen LogP contribution in [-0.4, -0.2) is 65.3 Å². The van der Waals surface area contributed by atoms with Crippen molar-refractivity contribution in [2.24, 2.45) is 0 Å². The molecule has 0 fully saturated rings. The minimum atomic E-state index is -2.82. The molecule has 9 heteroatoms. The second kappa shape index (κ2) is 15.7. The van der Waals surface area contributed by atoms with Crippen LogP contribution >= 0.6 is 0 Å². The van der Waals surface area contributed by atoms with Crippen molar-refractivity contribution in [3.8, 4) is 0 Å². The SMILES string of the molecule is CCO[Si](C=C[Si](C=C[Si](OCC)(OCC)OCC)(CC)CC)(OCC)OCC. The Morgan fingerprint density at radius 1 is 0.414 bits per heavy atom. The highest BCUT2D eigenvalue weighted by molar-refractivity contribution is 6.91. The van der Waals surface area contributed by atoms with Crippen molar-refractivity contribution >= 4 is 25.7 Å². The van der Waals surface area contributed by atoms with E-state index in [1.807, 2.05) is 41.5 Å². The topological polar surface area (TPSA) is 55.4 Å². The van der Waals surface area contributed by atoms with E-state index in [0.717, 1.165) is 12.1 Å². The van der Waals surface area contributed by atoms with Gasteiger partial charge in [0.1, 0.15) is 8.07 Å². The van der Waals surface area contributed by atoms with Crippen LogP contribution in [0.2, 0.25) is 12.1 Å². The monoisotopic (exact) mass is 464 g/mol. The Labute approximate surface area is 182 Å². The van der Waals surface area contributed by atoms with Crippen LogP contribution in [0.1, 0.15) is 55.4 Å². The molecule has 0 aromatic rings. The van der Waals surface area contributed by atoms with E-state index in [-0.39, 0.29) is 0 Å². The summed E-state index contributed by atoms with van der Waals surface area (Å²) in [7, 11) is -7.55. The maximum atomic E-state index is 6.00. The molecule has 0 heterocycles. The van der Waals surface area contributed by atoms with Crippen LogP contribution in [0.15, 0.2) is 22.8 Å². The van der Waals surface area contributed by atoms with E-state index in [4.69, 9.17) is 26.6 Å². The highest BCUT2D eigenvalue weighted by Crippen LogP contribution is 2.24. The maximum absolute atomic E-state index is 6.00. The molecule has 0 unspecified atom stereocenters. The molecule has 6 nitrogen and oxygen atoms in total. The predicted molar refractivity (Wildman–Crippen MR) is 126 cm³/mol. The van der Waals surface area contributed by atoms with Gasteiger partial charge in [0.2, 0.25) is 0 Å². The van der Waals surface area contributed by atoms with E-state index in [2.05, 4.69) is 36.6 Å². The van der Waals surface area contributed by atoms with Crippen molar-refractivity contribution in [3.05, 3.63) is 22.8 Å². The van der Waals surface area contributed by atoms with Gasteiger partial charge in [-0.15, -0.1) is 0 Å². The van der Waals surface area contributed by atoms with E-state index in [1.54, 1.807) is 0 Å². The van der Waals surface area contributed by atoms with Gasteiger partial charge in [0.15, 0.2) is 0 Å². The van der Waals surface area contributed by atoms with E-state index >= 15 is 0 Å². The molecular formula is C20H44O6Si3. The Hall–Kier alpha value is -0.109. The van der Waals surface area contributed by atoms with Gasteiger partial charge in [-0.25, -0.2) is 0 Å². The van der Waals surface area contributed by atoms with Crippen LogP contribution in [0, 0.1) is 0 Å². The van der Waals surface area contributed by atoms with Crippen LogP contribution in [0.5, 0.6) is 0 Å². The lowest BCUT2D eigenvalue weighted by molar-refractivity contribution is 0.0836. The van der Waals surface area contributed by atoms with Crippen LogP contribution in [0.25, 0.3) is 0 Å². The van der Waals surface area contributed by atoms with Crippen molar-refractivity contribution in [1.82, 2.24) is 0 Å². The van der Waals surface area contributed by atoms with Gasteiger partial charge in [-0.05, 0) is 52.9 Å². The fourth-order valence-electron chi connectivity index (χ4n) is 3.06. The standard InChI is InChI=1S/C20H44O6Si3/c1-9-21-28(22-10-2,23-11-3)19-17-27(15-7,16-8)18-20-29(24-12-4,25-13-5)26-14-6/h17-20H,9-16H2,1-8H3. The molecule has 0 aliphatic carbocycles. The van der Waals surface area contributed by atoms with E-state index in [0.29, 0.717) is 39.6 Å². The molecule has 0 aliphatic rings. The summed E-state index contributed by atoms with van der Waals surface area (Å²) >= 11 is 0. The summed E-state index contributed by atoms with van der Waals surface area (Å²) < 4.78 is 36.0. The fraction of sp³-hybridized carbons (Fsp3) is 0.800. The molecule has 0 radical (unpaired) electrons. The van der Waals surface area contributed by atoms with Crippen LogP contribution in [0.3, 0.4) is 0 Å². The minimum Gasteiger partial charge on any atom is -0.371 e. The van der Waals surface area contributed by atoms with E-state index in [9.17, 15) is 0 Å². The van der Waals surface area contributed by atoms with Crippen LogP contribution in [0.4, 0.5) is 0 Å². The maximum Gasteiger partial charge on any atom is 0.528 e. The Bertz CT molecular complexity index is 397. The third kappa shape index (κ3) is 9.71. The average Bonchev–Trinajstić information content (AvgIpc) is 2.70. The molecule has 0 aromatic heterocycles. The lowest BCUT2D eigenvalue weighted by atomic mass is 10.9. The molecule has 0 saturated heterocycles. The number of rotatable bonds is 18. The minimum absolute atomic E-state index is 0.564. The Morgan fingerprint density at radius 3 is 0.828 bits per heavy atom. The molecule has 0 N–H and O–H groups in total. The lowest BCUT2D eigenvalue weighted by Gasteiger charge is -2.29. The first kappa shape index (κ1) is 28.9. The number of hydrogen-bond donors (Lipinski definition) is 0. The Balaban J connectivity index is 5.96. The summed E-state index contributed by atoms with van der Waals surface area (Å²) in [5.74, 6) is 0. The van der Waals surface area contributed by atoms with E-state index < -0.39 is 25.7 Å². The van der Waals surface area contributed by atoms with Gasteiger partial charge in [-0.1, -0.05) is 37.3 Å². The summed E-state index contributed by atoms with van der Waals surface area (Å²) in [5.41, 5.74) is 8.83. The molecule has 0 spiro atoms. The molecule has 29 heavy (non-hydrogen) atoms. The van der Waals surface area contributed by atoms with Crippen molar-refractivity contribution in [1.29, 1.82) is 0 Å². The third-order valence-corrected chi connectivity index (χ3v) is 14.9. The van der Waals surface area contributed by atoms with Gasteiger partial charge < -0.3 is 26.6 Å². The molecule has 0 amide bonds. The van der Waals surface area contributed by atoms with Crippen molar-refractivity contribution in [3.63, 3.8) is 0 Å². The molecule has 0 saturated carbocycles. The Kier molecular flexibility index (Phi) is 15.6. The molecular weight excluding hydrogens is 420 g/mol. The zero-order valence-electron chi connectivity index (χ0n) is 19.9. The normalized spacial score (nSPS) is 13.8. The first-order chi connectivity index (χ1) is 13.9. The van der Waals surface area contributed by atoms with Gasteiger partial charge in [0.05, 0.1) is 0 Å². The quantitative estimate of drug-likeness (QED) is 0.271. The van der Waals surface area contributed by atoms with Crippen molar-refractivity contribution in [2.75, 3.05) is 39.6 Å². The molecule has 0 bridgehead atoms. The average molecular weight is 465 g/mol. The second-order valence-electron chi connectivity index (χ2n) is 6.41. The lowest BCUT2D eigenvalue weighted by Crippen LogP contribution is -2.46. The molecule has 0 aliphatic heterocycles. The zero-order valence-corrected chi connectivity index (χ0v) is 22.9. The largest absolute Gasteiger partial charge is 0.528 e. The summed E-state index contributed by atoms with van der Waals surface area (Å²) in [4.78, 5) is 0. The summed E-state index contributed by atoms with van der Waals surface area (Å²) in [6.07, 6.45) is 0. The third-order valence-electron chi connectivity index (χ3n) is 4.63. The summed E-state index contributed by atoms with van der Waals surface area (Å²) in [6, 6.07) is 2.11. The smallest absolute Gasteiger partial charge is 0.371 e. The van der Waals surface area contributed by atoms with Gasteiger partial charge in [-0.2, -0.15) is 0 Å². The van der Waals surface area contributed by atoms with Crippen molar-refractivity contribution < 1.29 is 26.6 Å². The highest BCUT2D eigenvalue weighted by Gasteiger charge is 2.41. The van der Waals surface area contributed by atoms with Gasteiger partial charge in [0, 0.05) is 39.6 Å². The number of hydrogen-bond acceptors (Lipinski definition) is 6. The first-order valence-electron chi connectivity index (χ1n) is 11.1. The van der Waals surface area contributed by atoms with Crippen LogP contribution < -0.4 is 0 Å². The van der Waals surface area contributed by atoms with Crippen LogP contribution in [-0.2, 0) is 26.6 Å². The zero-order chi connectivity index (χ0) is 22.2. The summed E-state index contributed by atoms with van der Waals surface area (Å²) in [5, 5.41) is 0. The molecule has 172 valence electrons.